The molecule has 0 saturated carbocycles. The van der Waals surface area contributed by atoms with E-state index >= 15 is 0 Å². The first-order valence-electron chi connectivity index (χ1n) is 24.3. The number of aliphatic hydroxyl groups is 3. The van der Waals surface area contributed by atoms with Crippen molar-refractivity contribution < 1.29 is 56.2 Å². The molecule has 1 heterocycles. The van der Waals surface area contributed by atoms with E-state index in [0.717, 1.165) is 116 Å². The molecular weight excluding hydrogens is 861 g/mol. The maximum absolute atomic E-state index is 12.9. The van der Waals surface area contributed by atoms with Crippen LogP contribution in [-0.2, 0) is 38.3 Å². The lowest BCUT2D eigenvalue weighted by Gasteiger charge is -2.41. The Hall–Kier alpha value is -3.50. The molecule has 66 heavy (non-hydrogen) atoms. The number of hydrogen-bond donors (Lipinski definition) is 4. The van der Waals surface area contributed by atoms with E-state index in [4.69, 9.17) is 18.9 Å². The number of ether oxygens (including phenoxy) is 4. The molecule has 0 aromatic heterocycles. The van der Waals surface area contributed by atoms with Crippen molar-refractivity contribution in [2.24, 2.45) is 0 Å². The second-order valence-electron chi connectivity index (χ2n) is 15.9. The number of rotatable bonds is 40. The lowest BCUT2D eigenvalue weighted by molar-refractivity contribution is -0.301. The predicted octanol–water partition coefficient (Wildman–Crippen LogP) is 11.0. The molecule has 6 unspecified atom stereocenters. The monoisotopic (exact) mass is 945 g/mol. The van der Waals surface area contributed by atoms with Gasteiger partial charge >= 0.3 is 16.4 Å². The van der Waals surface area contributed by atoms with Crippen molar-refractivity contribution in [3.8, 4) is 0 Å². The third kappa shape index (κ3) is 35.7. The highest BCUT2D eigenvalue weighted by Gasteiger charge is 2.48. The van der Waals surface area contributed by atoms with Gasteiger partial charge in [0.05, 0.1) is 19.8 Å². The van der Waals surface area contributed by atoms with Crippen LogP contribution in [0, 0.1) is 0 Å². The maximum Gasteiger partial charge on any atom is 0.397 e. The van der Waals surface area contributed by atoms with Crippen LogP contribution < -0.4 is 0 Å². The molecule has 0 bridgehead atoms. The van der Waals surface area contributed by atoms with E-state index < -0.39 is 59.8 Å². The summed E-state index contributed by atoms with van der Waals surface area (Å²) in [6.45, 7) is 3.56. The summed E-state index contributed by atoms with van der Waals surface area (Å²) in [4.78, 5) is 12.9. The summed E-state index contributed by atoms with van der Waals surface area (Å²) in [6, 6.07) is 0. The summed E-state index contributed by atoms with van der Waals surface area (Å²) < 4.78 is 59.0. The van der Waals surface area contributed by atoms with Gasteiger partial charge in [-0.3, -0.25) is 9.35 Å². The van der Waals surface area contributed by atoms with E-state index in [2.05, 4.69) is 140 Å². The zero-order chi connectivity index (χ0) is 48.2. The van der Waals surface area contributed by atoms with Crippen LogP contribution in [0.5, 0.6) is 0 Å². The lowest BCUT2D eigenvalue weighted by atomic mass is 9.99. The first kappa shape index (κ1) is 60.5. The fourth-order valence-electron chi connectivity index (χ4n) is 6.50. The number of carbonyl (C=O) groups is 1. The Kier molecular flexibility index (Phi) is 39.3. The third-order valence-corrected chi connectivity index (χ3v) is 10.5. The van der Waals surface area contributed by atoms with Crippen LogP contribution in [0.2, 0.25) is 0 Å². The van der Waals surface area contributed by atoms with Crippen molar-refractivity contribution >= 4 is 16.4 Å². The van der Waals surface area contributed by atoms with Gasteiger partial charge in [0.1, 0.15) is 30.5 Å². The zero-order valence-electron chi connectivity index (χ0n) is 39.9. The van der Waals surface area contributed by atoms with Crippen molar-refractivity contribution in [3.63, 3.8) is 0 Å². The van der Waals surface area contributed by atoms with Gasteiger partial charge in [-0.1, -0.05) is 161 Å². The molecule has 0 spiro atoms. The maximum atomic E-state index is 12.9. The molecule has 1 aliphatic rings. The molecule has 12 nitrogen and oxygen atoms in total. The van der Waals surface area contributed by atoms with E-state index in [1.54, 1.807) is 0 Å². The van der Waals surface area contributed by atoms with E-state index in [-0.39, 0.29) is 19.6 Å². The predicted molar refractivity (Wildman–Crippen MR) is 266 cm³/mol. The largest absolute Gasteiger partial charge is 0.457 e. The minimum atomic E-state index is -5.08. The topological polar surface area (TPSA) is 178 Å². The van der Waals surface area contributed by atoms with Crippen molar-refractivity contribution in [1.29, 1.82) is 0 Å². The molecule has 0 aromatic carbocycles. The second kappa shape index (κ2) is 42.8. The van der Waals surface area contributed by atoms with Gasteiger partial charge in [0.15, 0.2) is 6.29 Å². The van der Waals surface area contributed by atoms with Crippen molar-refractivity contribution in [2.45, 2.75) is 179 Å². The normalized spacial score (nSPS) is 20.6. The Bertz CT molecular complexity index is 1610. The van der Waals surface area contributed by atoms with Gasteiger partial charge in [0.25, 0.3) is 0 Å². The molecule has 0 amide bonds. The highest BCUT2D eigenvalue weighted by molar-refractivity contribution is 7.80. The summed E-state index contributed by atoms with van der Waals surface area (Å²) >= 11 is 0. The summed E-state index contributed by atoms with van der Waals surface area (Å²) in [5.41, 5.74) is 0. The van der Waals surface area contributed by atoms with Crippen LogP contribution in [-0.4, -0.2) is 97.5 Å². The van der Waals surface area contributed by atoms with E-state index in [0.29, 0.717) is 13.0 Å². The van der Waals surface area contributed by atoms with Crippen LogP contribution in [0.4, 0.5) is 0 Å². The molecule has 6 atom stereocenters. The standard InChI is InChI=1S/C53H84O12S/c1-3-5-7-9-11-13-15-17-19-20-21-22-23-24-25-26-27-28-29-30-32-34-36-38-40-42-49(55)63-47(45-61-43-41-39-37-35-33-31-18-16-14-12-10-8-6-4-2)46-62-53-51(57)52(65-66(58,59)60)50(56)48(44-54)64-53/h5-8,11-14,17-19,21-22,24-25,27-28,31,35,37,47-48,50-54,56-57H,3-4,9-10,15-16,20,23,26,29-30,32-34,36,38-46H2,1-2H3,(H,58,59,60)/b7-5-,8-6-,13-11-,14-12-,19-17-,22-21-,25-24-,28-27-,31-18-,37-35-. The molecule has 1 rings (SSSR count). The Balaban J connectivity index is 2.42. The lowest BCUT2D eigenvalue weighted by Crippen LogP contribution is -2.60. The summed E-state index contributed by atoms with van der Waals surface area (Å²) in [5.74, 6) is -0.439. The fraction of sp³-hybridized carbons (Fsp3) is 0.604. The van der Waals surface area contributed by atoms with Gasteiger partial charge in [-0.05, 0) is 96.3 Å². The van der Waals surface area contributed by atoms with Gasteiger partial charge in [-0.25, -0.2) is 4.18 Å². The molecule has 0 radical (unpaired) electrons. The average molecular weight is 945 g/mol. The van der Waals surface area contributed by atoms with E-state index in [1.807, 2.05) is 0 Å². The fourth-order valence-corrected chi connectivity index (χ4v) is 7.01. The Morgan fingerprint density at radius 2 is 1.00 bits per heavy atom. The number of hydrogen-bond acceptors (Lipinski definition) is 11. The Labute approximate surface area is 398 Å². The van der Waals surface area contributed by atoms with Crippen LogP contribution in [0.3, 0.4) is 0 Å². The molecule has 374 valence electrons. The van der Waals surface area contributed by atoms with Crippen molar-refractivity contribution in [3.05, 3.63) is 122 Å². The number of esters is 1. The minimum absolute atomic E-state index is 0.0173. The van der Waals surface area contributed by atoms with E-state index in [1.165, 1.54) is 0 Å². The molecule has 1 fully saturated rings. The Morgan fingerprint density at radius 1 is 0.576 bits per heavy atom. The number of unbranched alkanes of at least 4 members (excludes halogenated alkanes) is 7. The SMILES string of the molecule is CC/C=C\C/C=C\C/C=C\C/C=C\C/C=C\C/C=C\CCCCCCCCC(=O)OC(COCCC/C=C\C/C=C\C/C=C\C/C=C\CC)COC1OC(CO)C(O)C(OS(=O)(=O)O)C1O. The summed E-state index contributed by atoms with van der Waals surface area (Å²) in [6.07, 6.45) is 52.4. The molecule has 13 heteroatoms. The molecule has 0 aromatic rings. The average Bonchev–Trinajstić information content (AvgIpc) is 3.29. The molecule has 1 saturated heterocycles. The van der Waals surface area contributed by atoms with Crippen molar-refractivity contribution in [1.82, 2.24) is 0 Å². The van der Waals surface area contributed by atoms with Gasteiger partial charge < -0.3 is 34.3 Å². The van der Waals surface area contributed by atoms with Gasteiger partial charge in [0, 0.05) is 13.0 Å². The van der Waals surface area contributed by atoms with Gasteiger partial charge in [-0.15, -0.1) is 0 Å². The van der Waals surface area contributed by atoms with Crippen LogP contribution in [0.15, 0.2) is 122 Å². The minimum Gasteiger partial charge on any atom is -0.457 e. The van der Waals surface area contributed by atoms with E-state index in [9.17, 15) is 33.1 Å². The first-order chi connectivity index (χ1) is 32.1. The third-order valence-electron chi connectivity index (χ3n) is 10.1. The van der Waals surface area contributed by atoms with Crippen LogP contribution in [0.1, 0.15) is 142 Å². The molecular formula is C53H84O12S. The molecule has 4 N–H and O–H groups in total. The van der Waals surface area contributed by atoms with Crippen molar-refractivity contribution in [2.75, 3.05) is 26.4 Å². The quantitative estimate of drug-likeness (QED) is 0.0198. The molecule has 0 aliphatic carbocycles. The van der Waals surface area contributed by atoms with Crippen LogP contribution >= 0.6 is 0 Å². The highest BCUT2D eigenvalue weighted by atomic mass is 32.3. The first-order valence-corrected chi connectivity index (χ1v) is 25.7. The second-order valence-corrected chi connectivity index (χ2v) is 17.0. The summed E-state index contributed by atoms with van der Waals surface area (Å²) in [7, 11) is -5.08. The summed E-state index contributed by atoms with van der Waals surface area (Å²) in [5, 5.41) is 30.7. The van der Waals surface area contributed by atoms with Crippen LogP contribution in [0.25, 0.3) is 0 Å². The zero-order valence-corrected chi connectivity index (χ0v) is 40.8. The number of allylic oxidation sites excluding steroid dienone is 20. The molecule has 1 aliphatic heterocycles. The number of aliphatic hydroxyl groups excluding tert-OH is 3. The highest BCUT2D eigenvalue weighted by Crippen LogP contribution is 2.26. The smallest absolute Gasteiger partial charge is 0.397 e. The Morgan fingerprint density at radius 3 is 1.45 bits per heavy atom. The van der Waals surface area contributed by atoms with Gasteiger partial charge in [0.2, 0.25) is 0 Å². The van der Waals surface area contributed by atoms with Gasteiger partial charge in [-0.2, -0.15) is 8.42 Å². The number of carbonyl (C=O) groups excluding carboxylic acids is 1.